The predicted molar refractivity (Wildman–Crippen MR) is 148 cm³/mol. The number of carbonyl (C=O) groups excluding carboxylic acids is 2. The van der Waals surface area contributed by atoms with Crippen LogP contribution in [0.3, 0.4) is 0 Å². The van der Waals surface area contributed by atoms with Crippen LogP contribution in [-0.4, -0.2) is 37.0 Å². The van der Waals surface area contributed by atoms with E-state index in [0.717, 1.165) is 16.7 Å². The number of hydrogen-bond acceptors (Lipinski definition) is 6. The number of sulfone groups is 1. The Morgan fingerprint density at radius 3 is 2.35 bits per heavy atom. The number of carbonyl (C=O) groups is 2. The van der Waals surface area contributed by atoms with E-state index in [2.05, 4.69) is 15.6 Å². The summed E-state index contributed by atoms with van der Waals surface area (Å²) in [4.78, 5) is 29.5. The fourth-order valence-corrected chi connectivity index (χ4v) is 5.53. The molecule has 0 atom stereocenters. The predicted octanol–water partition coefficient (Wildman–Crippen LogP) is 5.68. The molecule has 3 aromatic carbocycles. The van der Waals surface area contributed by atoms with Crippen molar-refractivity contribution in [3.63, 3.8) is 0 Å². The first kappa shape index (κ1) is 26.5. The lowest BCUT2D eigenvalue weighted by atomic mass is 10.0. The van der Waals surface area contributed by atoms with Gasteiger partial charge in [-0.15, -0.1) is 11.3 Å². The van der Waals surface area contributed by atoms with Gasteiger partial charge in [0.2, 0.25) is 5.91 Å². The molecular weight excluding hydrogens is 530 g/mol. The highest BCUT2D eigenvalue weighted by atomic mass is 35.5. The second kappa shape index (κ2) is 11.2. The van der Waals surface area contributed by atoms with Crippen molar-refractivity contribution in [1.82, 2.24) is 10.3 Å². The summed E-state index contributed by atoms with van der Waals surface area (Å²) in [6.07, 6.45) is 0. The number of benzene rings is 3. The molecule has 1 heterocycles. The average Bonchev–Trinajstić information content (AvgIpc) is 3.35. The van der Waals surface area contributed by atoms with E-state index in [9.17, 15) is 18.0 Å². The number of rotatable bonds is 8. The standard InChI is InChI=1S/C27H24ClN3O4S2/c1-17(2)37(34,35)23-11-5-9-21(14-23)26(33)29-15-25(32)31-27-30-24(16-36-27)20-8-3-6-18(12-20)19-7-4-10-22(28)13-19/h3-14,16-17H,15H2,1-2H3,(H,29,33)(H,30,31,32). The molecule has 37 heavy (non-hydrogen) atoms. The summed E-state index contributed by atoms with van der Waals surface area (Å²) in [5.74, 6) is -0.999. The Kier molecular flexibility index (Phi) is 8.06. The minimum Gasteiger partial charge on any atom is -0.343 e. The van der Waals surface area contributed by atoms with Gasteiger partial charge in [0.05, 0.1) is 22.4 Å². The van der Waals surface area contributed by atoms with Gasteiger partial charge in [0.25, 0.3) is 5.91 Å². The van der Waals surface area contributed by atoms with Crippen LogP contribution in [0, 0.1) is 0 Å². The van der Waals surface area contributed by atoms with Crippen LogP contribution >= 0.6 is 22.9 Å². The van der Waals surface area contributed by atoms with Crippen LogP contribution in [0.1, 0.15) is 24.2 Å². The number of aromatic nitrogens is 1. The molecular formula is C27H24ClN3O4S2. The minimum absolute atomic E-state index is 0.0642. The number of anilines is 1. The Morgan fingerprint density at radius 1 is 0.946 bits per heavy atom. The van der Waals surface area contributed by atoms with Gasteiger partial charge in [-0.3, -0.25) is 9.59 Å². The summed E-state index contributed by atoms with van der Waals surface area (Å²) in [6.45, 7) is 2.86. The first-order chi connectivity index (χ1) is 17.6. The highest BCUT2D eigenvalue weighted by molar-refractivity contribution is 7.92. The lowest BCUT2D eigenvalue weighted by Gasteiger charge is -2.10. The molecule has 1 aromatic heterocycles. The molecule has 0 aliphatic rings. The third-order valence-corrected chi connectivity index (χ3v) is 8.67. The maximum Gasteiger partial charge on any atom is 0.251 e. The monoisotopic (exact) mass is 553 g/mol. The van der Waals surface area contributed by atoms with Crippen LogP contribution in [-0.2, 0) is 14.6 Å². The van der Waals surface area contributed by atoms with E-state index in [4.69, 9.17) is 11.6 Å². The van der Waals surface area contributed by atoms with Gasteiger partial charge in [0.1, 0.15) is 0 Å². The zero-order valence-corrected chi connectivity index (χ0v) is 22.5. The largest absolute Gasteiger partial charge is 0.343 e. The van der Waals surface area contributed by atoms with E-state index in [1.165, 1.54) is 35.6 Å². The molecule has 0 radical (unpaired) electrons. The van der Waals surface area contributed by atoms with Gasteiger partial charge in [0, 0.05) is 21.5 Å². The third-order valence-electron chi connectivity index (χ3n) is 5.52. The highest BCUT2D eigenvalue weighted by Gasteiger charge is 2.20. The lowest BCUT2D eigenvalue weighted by Crippen LogP contribution is -2.33. The van der Waals surface area contributed by atoms with Crippen molar-refractivity contribution in [2.45, 2.75) is 24.0 Å². The zero-order chi connectivity index (χ0) is 26.6. The number of hydrogen-bond donors (Lipinski definition) is 2. The second-order valence-corrected chi connectivity index (χ2v) is 12.3. The van der Waals surface area contributed by atoms with Gasteiger partial charge in [-0.1, -0.05) is 48.0 Å². The number of halogens is 1. The number of nitrogens with one attached hydrogen (secondary N) is 2. The van der Waals surface area contributed by atoms with Crippen molar-refractivity contribution in [3.8, 4) is 22.4 Å². The van der Waals surface area contributed by atoms with Crippen LogP contribution < -0.4 is 10.6 Å². The van der Waals surface area contributed by atoms with E-state index < -0.39 is 26.9 Å². The maximum atomic E-state index is 12.5. The van der Waals surface area contributed by atoms with Crippen LogP contribution in [0.5, 0.6) is 0 Å². The maximum absolute atomic E-state index is 12.5. The Balaban J connectivity index is 1.38. The molecule has 10 heteroatoms. The molecule has 0 saturated heterocycles. The fraction of sp³-hybridized carbons (Fsp3) is 0.148. The van der Waals surface area contributed by atoms with Crippen LogP contribution in [0.2, 0.25) is 5.02 Å². The molecule has 0 spiro atoms. The summed E-state index contributed by atoms with van der Waals surface area (Å²) in [7, 11) is -3.52. The first-order valence-electron chi connectivity index (χ1n) is 11.4. The molecule has 0 saturated carbocycles. The van der Waals surface area contributed by atoms with Crippen LogP contribution in [0.15, 0.2) is 83.1 Å². The Labute approximate surface area is 224 Å². The van der Waals surface area contributed by atoms with Crippen LogP contribution in [0.4, 0.5) is 5.13 Å². The molecule has 0 aliphatic carbocycles. The van der Waals surface area contributed by atoms with E-state index in [1.54, 1.807) is 13.8 Å². The Hall–Kier alpha value is -3.53. The second-order valence-electron chi connectivity index (χ2n) is 8.48. The zero-order valence-electron chi connectivity index (χ0n) is 20.1. The van der Waals surface area contributed by atoms with Gasteiger partial charge in [-0.2, -0.15) is 0 Å². The fourth-order valence-electron chi connectivity index (χ4n) is 3.50. The van der Waals surface area contributed by atoms with Crippen molar-refractivity contribution in [2.24, 2.45) is 0 Å². The number of amides is 2. The summed E-state index contributed by atoms with van der Waals surface area (Å²) >= 11 is 7.39. The summed E-state index contributed by atoms with van der Waals surface area (Å²) < 4.78 is 24.8. The average molecular weight is 554 g/mol. The quantitative estimate of drug-likeness (QED) is 0.292. The first-order valence-corrected chi connectivity index (χ1v) is 14.2. The van der Waals surface area contributed by atoms with Gasteiger partial charge in [0.15, 0.2) is 15.0 Å². The van der Waals surface area contributed by atoms with E-state index in [1.807, 2.05) is 53.9 Å². The molecule has 2 N–H and O–H groups in total. The van der Waals surface area contributed by atoms with Crippen molar-refractivity contribution in [3.05, 3.63) is 88.8 Å². The minimum atomic E-state index is -3.52. The normalized spacial score (nSPS) is 11.4. The van der Waals surface area contributed by atoms with Crippen LogP contribution in [0.25, 0.3) is 22.4 Å². The summed E-state index contributed by atoms with van der Waals surface area (Å²) in [5, 5.41) is 7.48. The van der Waals surface area contributed by atoms with Gasteiger partial charge in [-0.05, 0) is 61.4 Å². The van der Waals surface area contributed by atoms with Crippen molar-refractivity contribution in [1.29, 1.82) is 0 Å². The van der Waals surface area contributed by atoms with Crippen molar-refractivity contribution < 1.29 is 18.0 Å². The molecule has 0 unspecified atom stereocenters. The SMILES string of the molecule is CC(C)S(=O)(=O)c1cccc(C(=O)NCC(=O)Nc2nc(-c3cccc(-c4cccc(Cl)c4)c3)cs2)c1. The molecule has 0 aliphatic heterocycles. The molecule has 190 valence electrons. The van der Waals surface area contributed by atoms with E-state index >= 15 is 0 Å². The lowest BCUT2D eigenvalue weighted by molar-refractivity contribution is -0.115. The van der Waals surface area contributed by atoms with Gasteiger partial charge in [-0.25, -0.2) is 13.4 Å². The Morgan fingerprint density at radius 2 is 1.62 bits per heavy atom. The molecule has 4 rings (SSSR count). The summed E-state index contributed by atoms with van der Waals surface area (Å²) in [5.41, 5.74) is 3.73. The topological polar surface area (TPSA) is 105 Å². The third kappa shape index (κ3) is 6.43. The number of thiazole rings is 1. The Bertz CT molecular complexity index is 1570. The smallest absolute Gasteiger partial charge is 0.251 e. The van der Waals surface area contributed by atoms with Crippen molar-refractivity contribution >= 4 is 49.7 Å². The number of nitrogens with zero attached hydrogens (tertiary/aromatic N) is 1. The summed E-state index contributed by atoms with van der Waals surface area (Å²) in [6, 6.07) is 21.2. The molecule has 7 nitrogen and oxygen atoms in total. The van der Waals surface area contributed by atoms with E-state index in [-0.39, 0.29) is 17.0 Å². The van der Waals surface area contributed by atoms with Crippen molar-refractivity contribution in [2.75, 3.05) is 11.9 Å². The highest BCUT2D eigenvalue weighted by Crippen LogP contribution is 2.30. The molecule has 0 bridgehead atoms. The van der Waals surface area contributed by atoms with E-state index in [0.29, 0.717) is 15.8 Å². The van der Waals surface area contributed by atoms with Gasteiger partial charge < -0.3 is 10.6 Å². The molecule has 4 aromatic rings. The van der Waals surface area contributed by atoms with Gasteiger partial charge >= 0.3 is 0 Å². The molecule has 2 amide bonds. The molecule has 0 fully saturated rings.